The van der Waals surface area contributed by atoms with E-state index >= 15 is 0 Å². The van der Waals surface area contributed by atoms with Gasteiger partial charge in [0.15, 0.2) is 0 Å². The molecule has 0 bridgehead atoms. The zero-order valence-electron chi connectivity index (χ0n) is 8.55. The lowest BCUT2D eigenvalue weighted by Gasteiger charge is -2.19. The van der Waals surface area contributed by atoms with Crippen molar-refractivity contribution in [1.82, 2.24) is 5.32 Å². The van der Waals surface area contributed by atoms with Gasteiger partial charge < -0.3 is 4.74 Å². The van der Waals surface area contributed by atoms with Crippen molar-refractivity contribution >= 4 is 27.9 Å². The van der Waals surface area contributed by atoms with Gasteiger partial charge in [-0.05, 0) is 24.1 Å². The van der Waals surface area contributed by atoms with E-state index in [1.807, 2.05) is 0 Å². The molecule has 0 saturated carbocycles. The summed E-state index contributed by atoms with van der Waals surface area (Å²) in [5.74, 6) is -1.11. The van der Waals surface area contributed by atoms with Crippen LogP contribution >= 0.6 is 15.9 Å². The molecule has 17 heavy (non-hydrogen) atoms. The first kappa shape index (κ1) is 10.7. The number of amides is 2. The molecule has 2 aliphatic rings. The van der Waals surface area contributed by atoms with Crippen molar-refractivity contribution in [1.29, 1.82) is 0 Å². The fraction of sp³-hybridized carbons (Fsp3) is 0.273. The highest BCUT2D eigenvalue weighted by Crippen LogP contribution is 2.44. The van der Waals surface area contributed by atoms with E-state index in [2.05, 4.69) is 21.2 Å². The van der Waals surface area contributed by atoms with Crippen molar-refractivity contribution in [3.8, 4) is 0 Å². The molecule has 1 aromatic rings. The van der Waals surface area contributed by atoms with E-state index in [0.29, 0.717) is 16.5 Å². The van der Waals surface area contributed by atoms with Crippen LogP contribution in [0.25, 0.3) is 0 Å². The summed E-state index contributed by atoms with van der Waals surface area (Å²) >= 11 is 3.19. The molecule has 1 aromatic carbocycles. The number of hydrogen-bond donors (Lipinski definition) is 1. The molecule has 1 atom stereocenters. The van der Waals surface area contributed by atoms with Gasteiger partial charge in [-0.2, -0.15) is 0 Å². The Hall–Kier alpha value is -1.43. The number of carbonyl (C=O) groups is 2. The first-order valence-corrected chi connectivity index (χ1v) is 5.85. The lowest BCUT2D eigenvalue weighted by Crippen LogP contribution is -2.35. The number of carbonyl (C=O) groups excluding carboxylic acids is 2. The van der Waals surface area contributed by atoms with Crippen LogP contribution in [-0.4, -0.2) is 12.0 Å². The Labute approximate surface area is 104 Å². The average Bonchev–Trinajstić information content (AvgIpc) is 2.70. The second-order valence-electron chi connectivity index (χ2n) is 4.09. The van der Waals surface area contributed by atoms with Gasteiger partial charge in [0.25, 0.3) is 5.91 Å². The van der Waals surface area contributed by atoms with Crippen LogP contribution in [0.1, 0.15) is 17.5 Å². The monoisotopic (exact) mass is 299 g/mol. The van der Waals surface area contributed by atoms with Crippen molar-refractivity contribution in [2.75, 3.05) is 0 Å². The van der Waals surface area contributed by atoms with Crippen LogP contribution in [0.4, 0.5) is 9.18 Å². The van der Waals surface area contributed by atoms with Gasteiger partial charge in [-0.3, -0.25) is 10.1 Å². The molecule has 88 valence electrons. The first-order chi connectivity index (χ1) is 8.03. The second kappa shape index (κ2) is 3.29. The Kier molecular flexibility index (Phi) is 2.07. The Morgan fingerprint density at radius 2 is 2.18 bits per heavy atom. The van der Waals surface area contributed by atoms with E-state index in [-0.39, 0.29) is 12.0 Å². The maximum Gasteiger partial charge on any atom is 0.415 e. The summed E-state index contributed by atoms with van der Waals surface area (Å²) in [6.07, 6.45) is -0.0233. The molecule has 0 radical (unpaired) electrons. The molecule has 1 fully saturated rings. The molecule has 1 spiro atoms. The highest BCUT2D eigenvalue weighted by molar-refractivity contribution is 9.10. The minimum Gasteiger partial charge on any atom is -0.427 e. The molecule has 3 rings (SSSR count). The molecule has 1 heterocycles. The van der Waals surface area contributed by atoms with Gasteiger partial charge in [-0.15, -0.1) is 0 Å². The lowest BCUT2D eigenvalue weighted by atomic mass is 9.95. The van der Waals surface area contributed by atoms with Crippen molar-refractivity contribution in [3.63, 3.8) is 0 Å². The SMILES string of the molecule is O=C1NC(=O)C2(CCc3cc(Br)cc(F)c32)O1. The van der Waals surface area contributed by atoms with Crippen molar-refractivity contribution in [2.24, 2.45) is 0 Å². The number of halogens is 2. The summed E-state index contributed by atoms with van der Waals surface area (Å²) in [6, 6.07) is 3.01. The first-order valence-electron chi connectivity index (χ1n) is 5.06. The fourth-order valence-electron chi connectivity index (χ4n) is 2.46. The van der Waals surface area contributed by atoms with Gasteiger partial charge in [0.05, 0.1) is 0 Å². The van der Waals surface area contributed by atoms with Gasteiger partial charge in [0.1, 0.15) is 5.82 Å². The summed E-state index contributed by atoms with van der Waals surface area (Å²) < 4.78 is 19.6. The Morgan fingerprint density at radius 1 is 1.41 bits per heavy atom. The number of rotatable bonds is 0. The van der Waals surface area contributed by atoms with Crippen LogP contribution < -0.4 is 5.32 Å². The molecule has 1 aliphatic carbocycles. The second-order valence-corrected chi connectivity index (χ2v) is 5.01. The van der Waals surface area contributed by atoms with E-state index in [1.54, 1.807) is 6.07 Å². The van der Waals surface area contributed by atoms with Crippen LogP contribution in [-0.2, 0) is 21.6 Å². The molecule has 6 heteroatoms. The number of nitrogens with one attached hydrogen (secondary N) is 1. The van der Waals surface area contributed by atoms with Crippen LogP contribution in [0.15, 0.2) is 16.6 Å². The molecule has 2 amide bonds. The molecule has 1 unspecified atom stereocenters. The third-order valence-electron chi connectivity index (χ3n) is 3.14. The van der Waals surface area contributed by atoms with Crippen molar-refractivity contribution < 1.29 is 18.7 Å². The molecular formula is C11H7BrFNO3. The number of hydrogen-bond acceptors (Lipinski definition) is 3. The normalized spacial score (nSPS) is 26.0. The van der Waals surface area contributed by atoms with E-state index in [4.69, 9.17) is 4.74 Å². The van der Waals surface area contributed by atoms with Crippen molar-refractivity contribution in [2.45, 2.75) is 18.4 Å². The predicted molar refractivity (Wildman–Crippen MR) is 58.7 cm³/mol. The molecule has 4 nitrogen and oxygen atoms in total. The molecule has 0 aromatic heterocycles. The number of benzene rings is 1. The van der Waals surface area contributed by atoms with E-state index in [1.165, 1.54) is 6.07 Å². The predicted octanol–water partition coefficient (Wildman–Crippen LogP) is 2.00. The Morgan fingerprint density at radius 3 is 2.82 bits per heavy atom. The van der Waals surface area contributed by atoms with E-state index in [0.717, 1.165) is 0 Å². The molecular weight excluding hydrogens is 293 g/mol. The maximum atomic E-state index is 13.9. The van der Waals surface area contributed by atoms with Gasteiger partial charge in [-0.25, -0.2) is 9.18 Å². The number of fused-ring (bicyclic) bond motifs is 2. The molecule has 1 N–H and O–H groups in total. The van der Waals surface area contributed by atoms with E-state index < -0.39 is 23.4 Å². The van der Waals surface area contributed by atoms with Crippen LogP contribution in [0, 0.1) is 5.82 Å². The van der Waals surface area contributed by atoms with Crippen LogP contribution in [0.5, 0.6) is 0 Å². The number of imide groups is 1. The number of alkyl carbamates (subject to hydrolysis) is 1. The zero-order valence-corrected chi connectivity index (χ0v) is 10.1. The zero-order chi connectivity index (χ0) is 12.2. The fourth-order valence-corrected chi connectivity index (χ4v) is 2.94. The minimum atomic E-state index is -1.46. The standard InChI is InChI=1S/C11H7BrFNO3/c12-6-3-5-1-2-11(8(5)7(13)4-6)9(15)14-10(16)17-11/h3-4H,1-2H2,(H,14,15,16). The summed E-state index contributed by atoms with van der Waals surface area (Å²) in [5.41, 5.74) is -0.581. The molecule has 1 aliphatic heterocycles. The number of aryl methyl sites for hydroxylation is 1. The van der Waals surface area contributed by atoms with Gasteiger partial charge in [0.2, 0.25) is 5.60 Å². The van der Waals surface area contributed by atoms with Gasteiger partial charge in [-0.1, -0.05) is 15.9 Å². The highest BCUT2D eigenvalue weighted by atomic mass is 79.9. The lowest BCUT2D eigenvalue weighted by molar-refractivity contribution is -0.132. The summed E-state index contributed by atoms with van der Waals surface area (Å²) in [5, 5.41) is 2.05. The smallest absolute Gasteiger partial charge is 0.415 e. The summed E-state index contributed by atoms with van der Waals surface area (Å²) in [7, 11) is 0. The number of ether oxygens (including phenoxy) is 1. The average molecular weight is 300 g/mol. The summed E-state index contributed by atoms with van der Waals surface area (Å²) in [6.45, 7) is 0. The topological polar surface area (TPSA) is 55.4 Å². The Bertz CT molecular complexity index is 560. The van der Waals surface area contributed by atoms with Crippen molar-refractivity contribution in [3.05, 3.63) is 33.5 Å². The molecule has 1 saturated heterocycles. The van der Waals surface area contributed by atoms with E-state index in [9.17, 15) is 14.0 Å². The third-order valence-corrected chi connectivity index (χ3v) is 3.59. The van der Waals surface area contributed by atoms with Gasteiger partial charge >= 0.3 is 6.09 Å². The van der Waals surface area contributed by atoms with Crippen LogP contribution in [0.3, 0.4) is 0 Å². The summed E-state index contributed by atoms with van der Waals surface area (Å²) in [4.78, 5) is 22.9. The Balaban J connectivity index is 2.22. The maximum absolute atomic E-state index is 13.9. The van der Waals surface area contributed by atoms with Gasteiger partial charge in [0, 0.05) is 16.5 Å². The van der Waals surface area contributed by atoms with Crippen LogP contribution in [0.2, 0.25) is 0 Å². The quantitative estimate of drug-likeness (QED) is 0.797. The largest absolute Gasteiger partial charge is 0.427 e. The third kappa shape index (κ3) is 1.33. The highest BCUT2D eigenvalue weighted by Gasteiger charge is 2.55. The minimum absolute atomic E-state index is 0.184.